The zero-order valence-corrected chi connectivity index (χ0v) is 17.3. The lowest BCUT2D eigenvalue weighted by molar-refractivity contribution is -0.117. The number of likely N-dealkylation sites (N-methyl/N-ethyl adjacent to an activating group) is 1. The number of likely N-dealkylation sites (tertiary alicyclic amines) is 1. The first-order valence-electron chi connectivity index (χ1n) is 10.2. The third-order valence-corrected chi connectivity index (χ3v) is 5.75. The Labute approximate surface area is 173 Å². The van der Waals surface area contributed by atoms with E-state index in [4.69, 9.17) is 14.0 Å². The van der Waals surface area contributed by atoms with Gasteiger partial charge < -0.3 is 19.3 Å². The molecule has 4 heterocycles. The van der Waals surface area contributed by atoms with E-state index in [1.807, 2.05) is 38.4 Å². The molecule has 9 nitrogen and oxygen atoms in total. The second-order valence-electron chi connectivity index (χ2n) is 8.15. The van der Waals surface area contributed by atoms with Gasteiger partial charge >= 0.3 is 0 Å². The minimum atomic E-state index is -0.119. The summed E-state index contributed by atoms with van der Waals surface area (Å²) in [5.41, 5.74) is 2.59. The second kappa shape index (κ2) is 7.41. The number of fused-ring (bicyclic) bond motifs is 1. The van der Waals surface area contributed by atoms with Crippen molar-refractivity contribution in [3.05, 3.63) is 30.2 Å². The molecule has 1 saturated carbocycles. The van der Waals surface area contributed by atoms with Crippen LogP contribution in [0.4, 0.5) is 5.82 Å². The summed E-state index contributed by atoms with van der Waals surface area (Å²) in [5.74, 6) is 1.87. The summed E-state index contributed by atoms with van der Waals surface area (Å²) in [4.78, 5) is 14.2. The van der Waals surface area contributed by atoms with Gasteiger partial charge in [0.05, 0.1) is 11.1 Å². The Morgan fingerprint density at radius 3 is 2.83 bits per heavy atom. The van der Waals surface area contributed by atoms with Gasteiger partial charge in [0.25, 0.3) is 5.88 Å². The number of carbonyl (C=O) groups excluding carboxylic acids is 1. The molecule has 158 valence electrons. The number of methoxy groups -OCH3 is 1. The van der Waals surface area contributed by atoms with Gasteiger partial charge in [0.15, 0.2) is 5.82 Å². The van der Waals surface area contributed by atoms with Crippen LogP contribution in [0.15, 0.2) is 28.9 Å². The van der Waals surface area contributed by atoms with E-state index in [1.165, 1.54) is 0 Å². The van der Waals surface area contributed by atoms with Crippen molar-refractivity contribution in [2.24, 2.45) is 5.92 Å². The van der Waals surface area contributed by atoms with Crippen molar-refractivity contribution in [3.63, 3.8) is 0 Å². The van der Waals surface area contributed by atoms with E-state index in [2.05, 4.69) is 20.5 Å². The van der Waals surface area contributed by atoms with Gasteiger partial charge in [-0.2, -0.15) is 5.10 Å². The summed E-state index contributed by atoms with van der Waals surface area (Å²) in [6.45, 7) is 3.44. The van der Waals surface area contributed by atoms with Crippen LogP contribution in [0.1, 0.15) is 18.6 Å². The van der Waals surface area contributed by atoms with Crippen LogP contribution in [0, 0.1) is 12.8 Å². The molecular formula is C21H25N5O4. The molecule has 9 heteroatoms. The number of amides is 1. The number of ether oxygens (including phenoxy) is 2. The highest BCUT2D eigenvalue weighted by molar-refractivity contribution is 5.93. The SMILES string of the molecule is COC1CN(C)C[C@H]1Oc1noc(C)c1-c1ccn2nc(NC(=O)C3CC3)cc2c1. The fraction of sp³-hybridized carbons (Fsp3) is 0.476. The Morgan fingerprint density at radius 2 is 2.07 bits per heavy atom. The zero-order valence-electron chi connectivity index (χ0n) is 17.3. The number of aryl methyl sites for hydroxylation is 1. The van der Waals surface area contributed by atoms with Crippen LogP contribution >= 0.6 is 0 Å². The number of rotatable bonds is 6. The van der Waals surface area contributed by atoms with Gasteiger partial charge in [0, 0.05) is 38.4 Å². The molecule has 2 fully saturated rings. The summed E-state index contributed by atoms with van der Waals surface area (Å²) < 4.78 is 19.0. The Hall–Kier alpha value is -2.91. The normalized spacial score (nSPS) is 22.0. The maximum Gasteiger partial charge on any atom is 0.262 e. The minimum Gasteiger partial charge on any atom is -0.468 e. The van der Waals surface area contributed by atoms with E-state index in [9.17, 15) is 4.79 Å². The first-order valence-corrected chi connectivity index (χ1v) is 10.2. The fourth-order valence-electron chi connectivity index (χ4n) is 3.95. The Morgan fingerprint density at radius 1 is 1.27 bits per heavy atom. The van der Waals surface area contributed by atoms with E-state index < -0.39 is 0 Å². The van der Waals surface area contributed by atoms with Gasteiger partial charge in [-0.3, -0.25) is 9.69 Å². The summed E-state index contributed by atoms with van der Waals surface area (Å²) in [6, 6.07) is 5.79. The molecule has 1 aliphatic carbocycles. The molecule has 1 amide bonds. The van der Waals surface area contributed by atoms with Crippen LogP contribution < -0.4 is 10.1 Å². The van der Waals surface area contributed by atoms with Gasteiger partial charge in [0.1, 0.15) is 18.0 Å². The molecule has 1 saturated heterocycles. The summed E-state index contributed by atoms with van der Waals surface area (Å²) in [5, 5.41) is 11.5. The van der Waals surface area contributed by atoms with Gasteiger partial charge in [-0.15, -0.1) is 0 Å². The zero-order chi connectivity index (χ0) is 20.8. The van der Waals surface area contributed by atoms with Crippen LogP contribution in [0.25, 0.3) is 16.6 Å². The molecule has 3 aromatic rings. The van der Waals surface area contributed by atoms with Crippen LogP contribution in [0.5, 0.6) is 5.88 Å². The number of hydrogen-bond acceptors (Lipinski definition) is 7. The van der Waals surface area contributed by atoms with Gasteiger partial charge in [-0.25, -0.2) is 4.52 Å². The number of pyridine rings is 1. The molecule has 1 N–H and O–H groups in total. The molecule has 2 aliphatic rings. The highest BCUT2D eigenvalue weighted by Gasteiger charge is 2.34. The van der Waals surface area contributed by atoms with Crippen molar-refractivity contribution in [1.82, 2.24) is 19.7 Å². The van der Waals surface area contributed by atoms with Gasteiger partial charge in [-0.1, -0.05) is 0 Å². The van der Waals surface area contributed by atoms with Gasteiger partial charge in [-0.05, 0) is 49.7 Å². The highest BCUT2D eigenvalue weighted by atomic mass is 16.6. The van der Waals surface area contributed by atoms with Crippen molar-refractivity contribution in [2.45, 2.75) is 32.0 Å². The molecule has 30 heavy (non-hydrogen) atoms. The fourth-order valence-corrected chi connectivity index (χ4v) is 3.95. The van der Waals surface area contributed by atoms with E-state index >= 15 is 0 Å². The van der Waals surface area contributed by atoms with E-state index in [0.717, 1.165) is 42.6 Å². The number of nitrogens with zero attached hydrogens (tertiary/aromatic N) is 4. The predicted molar refractivity (Wildman–Crippen MR) is 109 cm³/mol. The topological polar surface area (TPSA) is 94.1 Å². The van der Waals surface area contributed by atoms with Crippen LogP contribution in [0.3, 0.4) is 0 Å². The summed E-state index contributed by atoms with van der Waals surface area (Å²) in [6.07, 6.45) is 3.63. The van der Waals surface area contributed by atoms with Crippen molar-refractivity contribution < 1.29 is 18.8 Å². The Kier molecular flexibility index (Phi) is 4.71. The van der Waals surface area contributed by atoms with Crippen LogP contribution in [0.2, 0.25) is 0 Å². The van der Waals surface area contributed by atoms with E-state index in [-0.39, 0.29) is 24.0 Å². The van der Waals surface area contributed by atoms with Crippen molar-refractivity contribution in [3.8, 4) is 17.0 Å². The lowest BCUT2D eigenvalue weighted by Gasteiger charge is -2.17. The van der Waals surface area contributed by atoms with E-state index in [0.29, 0.717) is 17.5 Å². The molecule has 0 aromatic carbocycles. The quantitative estimate of drug-likeness (QED) is 0.665. The molecule has 5 rings (SSSR count). The maximum atomic E-state index is 12.0. The number of nitrogens with one attached hydrogen (secondary N) is 1. The maximum absolute atomic E-state index is 12.0. The van der Waals surface area contributed by atoms with Gasteiger partial charge in [0.2, 0.25) is 5.91 Å². The number of aromatic nitrogens is 3. The lowest BCUT2D eigenvalue weighted by Crippen LogP contribution is -2.31. The first-order chi connectivity index (χ1) is 14.5. The van der Waals surface area contributed by atoms with Crippen molar-refractivity contribution >= 4 is 17.2 Å². The first kappa shape index (κ1) is 19.1. The van der Waals surface area contributed by atoms with Crippen molar-refractivity contribution in [2.75, 3.05) is 32.6 Å². The standard InChI is InChI=1S/C21H25N5O4/c1-12-19(21(24-30-12)29-17-11-25(2)10-16(17)28-3)14-6-7-26-15(8-14)9-18(23-26)22-20(27)13-4-5-13/h6-9,13,16-17H,4-5,10-11H2,1-3H3,(H,22,23,27)/t16?,17-/m1/s1. The number of anilines is 1. The molecular weight excluding hydrogens is 386 g/mol. The molecule has 0 spiro atoms. The highest BCUT2D eigenvalue weighted by Crippen LogP contribution is 2.35. The van der Waals surface area contributed by atoms with Crippen LogP contribution in [-0.2, 0) is 9.53 Å². The number of carbonyl (C=O) groups is 1. The molecule has 1 aliphatic heterocycles. The molecule has 0 bridgehead atoms. The Balaban J connectivity index is 1.42. The molecule has 3 aromatic heterocycles. The van der Waals surface area contributed by atoms with E-state index in [1.54, 1.807) is 11.6 Å². The molecule has 2 atom stereocenters. The Bertz CT molecular complexity index is 1090. The monoisotopic (exact) mass is 411 g/mol. The number of hydrogen-bond donors (Lipinski definition) is 1. The largest absolute Gasteiger partial charge is 0.468 e. The van der Waals surface area contributed by atoms with Crippen molar-refractivity contribution in [1.29, 1.82) is 0 Å². The third-order valence-electron chi connectivity index (χ3n) is 5.75. The average Bonchev–Trinajstić information content (AvgIpc) is 3.28. The summed E-state index contributed by atoms with van der Waals surface area (Å²) >= 11 is 0. The predicted octanol–water partition coefficient (Wildman–Crippen LogP) is 2.35. The second-order valence-corrected chi connectivity index (χ2v) is 8.15. The smallest absolute Gasteiger partial charge is 0.262 e. The lowest BCUT2D eigenvalue weighted by atomic mass is 10.1. The third kappa shape index (κ3) is 3.54. The minimum absolute atomic E-state index is 0.0187. The summed E-state index contributed by atoms with van der Waals surface area (Å²) in [7, 11) is 3.74. The van der Waals surface area contributed by atoms with Crippen LogP contribution in [-0.4, -0.2) is 65.0 Å². The molecule has 1 unspecified atom stereocenters. The average molecular weight is 411 g/mol. The molecule has 0 radical (unpaired) electrons.